The average Bonchev–Trinajstić information content (AvgIpc) is 2.98. The molecule has 33 heavy (non-hydrogen) atoms. The Morgan fingerprint density at radius 3 is 2.42 bits per heavy atom. The van der Waals surface area contributed by atoms with Gasteiger partial charge in [-0.15, -0.1) is 11.3 Å². The van der Waals surface area contributed by atoms with Crippen molar-refractivity contribution < 1.29 is 28.5 Å². The van der Waals surface area contributed by atoms with Gasteiger partial charge in [-0.25, -0.2) is 4.79 Å². The Labute approximate surface area is 196 Å². The molecule has 9 heteroatoms. The van der Waals surface area contributed by atoms with Crippen molar-refractivity contribution in [1.29, 1.82) is 5.26 Å². The third-order valence-corrected chi connectivity index (χ3v) is 6.44. The van der Waals surface area contributed by atoms with E-state index in [-0.39, 0.29) is 0 Å². The molecule has 1 amide bonds. The number of hydrogen-bond donors (Lipinski definition) is 1. The van der Waals surface area contributed by atoms with Crippen LogP contribution in [0.4, 0.5) is 5.00 Å². The van der Waals surface area contributed by atoms with Crippen LogP contribution in [0.15, 0.2) is 18.2 Å². The molecule has 0 saturated carbocycles. The molecule has 3 rings (SSSR count). The molecular weight excluding hydrogens is 444 g/mol. The molecule has 1 aromatic carbocycles. The summed E-state index contributed by atoms with van der Waals surface area (Å²) >= 11 is 1.44. The maximum absolute atomic E-state index is 12.3. The molecule has 0 aliphatic heterocycles. The van der Waals surface area contributed by atoms with Crippen LogP contribution in [0.3, 0.4) is 0 Å². The van der Waals surface area contributed by atoms with Crippen LogP contribution in [0.1, 0.15) is 40.8 Å². The molecule has 2 aromatic rings. The number of nitrogens with zero attached hydrogens (tertiary/aromatic N) is 1. The molecule has 8 nitrogen and oxygen atoms in total. The number of amides is 1. The monoisotopic (exact) mass is 470 g/mol. The quantitative estimate of drug-likeness (QED) is 0.351. The molecule has 1 heterocycles. The Morgan fingerprint density at radius 1 is 1.09 bits per heavy atom. The van der Waals surface area contributed by atoms with Gasteiger partial charge in [0.25, 0.3) is 5.91 Å². The number of methoxy groups -OCH3 is 3. The summed E-state index contributed by atoms with van der Waals surface area (Å²) in [5, 5.41) is 12.8. The summed E-state index contributed by atoms with van der Waals surface area (Å²) < 4.78 is 20.9. The Balaban J connectivity index is 1.60. The summed E-state index contributed by atoms with van der Waals surface area (Å²) in [4.78, 5) is 25.6. The molecule has 1 N–H and O–H groups in total. The number of esters is 1. The first-order valence-electron chi connectivity index (χ1n) is 10.5. The Kier molecular flexibility index (Phi) is 8.33. The van der Waals surface area contributed by atoms with Gasteiger partial charge in [0.05, 0.1) is 26.9 Å². The number of carbonyl (C=O) groups is 2. The van der Waals surface area contributed by atoms with Crippen molar-refractivity contribution in [1.82, 2.24) is 0 Å². The first-order valence-corrected chi connectivity index (χ1v) is 11.3. The SMILES string of the molecule is COc1cc(C=CC(=O)OCC(=O)Nc2sc3c(c2C#N)CCCCC3)cc(OC)c1OC. The number of ether oxygens (including phenoxy) is 4. The number of anilines is 1. The average molecular weight is 471 g/mol. The third kappa shape index (κ3) is 5.84. The summed E-state index contributed by atoms with van der Waals surface area (Å²) in [6.45, 7) is -0.453. The molecule has 174 valence electrons. The van der Waals surface area contributed by atoms with E-state index in [1.807, 2.05) is 0 Å². The standard InChI is InChI=1S/C24H26N2O6S/c1-29-18-11-15(12-19(30-2)23(18)31-3)9-10-22(28)32-14-21(27)26-24-17(13-25)16-7-5-4-6-8-20(16)33-24/h9-12H,4-8,14H2,1-3H3,(H,26,27). The number of thiophene rings is 1. The van der Waals surface area contributed by atoms with Gasteiger partial charge >= 0.3 is 5.97 Å². The number of benzene rings is 1. The van der Waals surface area contributed by atoms with Gasteiger partial charge in [-0.05, 0) is 55.0 Å². The van der Waals surface area contributed by atoms with Gasteiger partial charge in [-0.3, -0.25) is 4.79 Å². The number of nitriles is 1. The minimum Gasteiger partial charge on any atom is -0.493 e. The summed E-state index contributed by atoms with van der Waals surface area (Å²) in [7, 11) is 4.51. The fraction of sp³-hybridized carbons (Fsp3) is 0.375. The molecular formula is C24H26N2O6S. The molecule has 0 atom stereocenters. The van der Waals surface area contributed by atoms with Gasteiger partial charge in [0.2, 0.25) is 5.75 Å². The second-order valence-corrected chi connectivity index (χ2v) is 8.43. The zero-order chi connectivity index (χ0) is 23.8. The highest BCUT2D eigenvalue weighted by Gasteiger charge is 2.21. The second-order valence-electron chi connectivity index (χ2n) is 7.33. The van der Waals surface area contributed by atoms with Gasteiger partial charge < -0.3 is 24.3 Å². The predicted molar refractivity (Wildman–Crippen MR) is 125 cm³/mol. The number of rotatable bonds is 8. The Hall–Kier alpha value is -3.51. The van der Waals surface area contributed by atoms with Crippen molar-refractivity contribution in [3.8, 4) is 23.3 Å². The van der Waals surface area contributed by atoms with E-state index in [1.54, 1.807) is 12.1 Å². The largest absolute Gasteiger partial charge is 0.493 e. The van der Waals surface area contributed by atoms with Crippen LogP contribution in [0.5, 0.6) is 17.2 Å². The zero-order valence-electron chi connectivity index (χ0n) is 18.9. The molecule has 1 aliphatic rings. The van der Waals surface area contributed by atoms with E-state index in [1.165, 1.54) is 44.8 Å². The Morgan fingerprint density at radius 2 is 1.79 bits per heavy atom. The van der Waals surface area contributed by atoms with Crippen LogP contribution in [0.25, 0.3) is 6.08 Å². The van der Waals surface area contributed by atoms with Gasteiger partial charge in [0, 0.05) is 11.0 Å². The highest BCUT2D eigenvalue weighted by Crippen LogP contribution is 2.39. The highest BCUT2D eigenvalue weighted by atomic mass is 32.1. The highest BCUT2D eigenvalue weighted by molar-refractivity contribution is 7.16. The molecule has 1 aromatic heterocycles. The number of carbonyl (C=O) groups excluding carboxylic acids is 2. The van der Waals surface area contributed by atoms with Crippen LogP contribution >= 0.6 is 11.3 Å². The van der Waals surface area contributed by atoms with Crippen LogP contribution in [-0.2, 0) is 27.2 Å². The predicted octanol–water partition coefficient (Wildman–Crippen LogP) is 4.11. The number of hydrogen-bond acceptors (Lipinski definition) is 8. The second kappa shape index (κ2) is 11.4. The Bertz CT molecular complexity index is 1070. The summed E-state index contributed by atoms with van der Waals surface area (Å²) in [6.07, 6.45) is 7.78. The molecule has 0 unspecified atom stereocenters. The van der Waals surface area contributed by atoms with E-state index in [0.29, 0.717) is 33.4 Å². The fourth-order valence-corrected chi connectivity index (χ4v) is 4.91. The maximum Gasteiger partial charge on any atom is 0.331 e. The summed E-state index contributed by atoms with van der Waals surface area (Å²) in [6, 6.07) is 5.58. The van der Waals surface area contributed by atoms with Crippen molar-refractivity contribution in [2.75, 3.05) is 33.3 Å². The van der Waals surface area contributed by atoms with Gasteiger partial charge in [-0.2, -0.15) is 5.26 Å². The van der Waals surface area contributed by atoms with E-state index >= 15 is 0 Å². The number of nitrogens with one attached hydrogen (secondary N) is 1. The zero-order valence-corrected chi connectivity index (χ0v) is 19.7. The molecule has 0 saturated heterocycles. The summed E-state index contributed by atoms with van der Waals surface area (Å²) in [5.74, 6) is 0.177. The fourth-order valence-electron chi connectivity index (χ4n) is 3.66. The molecule has 1 aliphatic carbocycles. The first-order chi connectivity index (χ1) is 16.0. The van der Waals surface area contributed by atoms with Crippen LogP contribution in [-0.4, -0.2) is 39.8 Å². The van der Waals surface area contributed by atoms with E-state index in [4.69, 9.17) is 18.9 Å². The normalized spacial score (nSPS) is 12.9. The van der Waals surface area contributed by atoms with Crippen LogP contribution in [0, 0.1) is 11.3 Å². The first kappa shape index (κ1) is 24.1. The molecule has 0 radical (unpaired) electrons. The lowest BCUT2D eigenvalue weighted by Crippen LogP contribution is -2.20. The van der Waals surface area contributed by atoms with Crippen molar-refractivity contribution in [2.24, 2.45) is 0 Å². The van der Waals surface area contributed by atoms with Crippen molar-refractivity contribution in [3.63, 3.8) is 0 Å². The number of fused-ring (bicyclic) bond motifs is 1. The van der Waals surface area contributed by atoms with E-state index in [9.17, 15) is 14.9 Å². The van der Waals surface area contributed by atoms with Crippen LogP contribution < -0.4 is 19.5 Å². The molecule has 0 spiro atoms. The van der Waals surface area contributed by atoms with Gasteiger partial charge in [-0.1, -0.05) is 6.42 Å². The maximum atomic E-state index is 12.3. The molecule has 0 bridgehead atoms. The van der Waals surface area contributed by atoms with E-state index < -0.39 is 18.5 Å². The minimum absolute atomic E-state index is 0.444. The lowest BCUT2D eigenvalue weighted by Gasteiger charge is -2.12. The van der Waals surface area contributed by atoms with E-state index in [0.717, 1.165) is 42.5 Å². The third-order valence-electron chi connectivity index (χ3n) is 5.23. The number of aryl methyl sites for hydroxylation is 1. The van der Waals surface area contributed by atoms with Gasteiger partial charge in [0.15, 0.2) is 18.1 Å². The molecule has 0 fully saturated rings. The smallest absolute Gasteiger partial charge is 0.331 e. The minimum atomic E-state index is -0.679. The van der Waals surface area contributed by atoms with Crippen molar-refractivity contribution in [2.45, 2.75) is 32.1 Å². The lowest BCUT2D eigenvalue weighted by molar-refractivity contribution is -0.142. The van der Waals surface area contributed by atoms with E-state index in [2.05, 4.69) is 11.4 Å². The van der Waals surface area contributed by atoms with Gasteiger partial charge in [0.1, 0.15) is 11.1 Å². The lowest BCUT2D eigenvalue weighted by atomic mass is 10.1. The topological polar surface area (TPSA) is 107 Å². The van der Waals surface area contributed by atoms with Crippen LogP contribution in [0.2, 0.25) is 0 Å². The summed E-state index contributed by atoms with van der Waals surface area (Å²) in [5.41, 5.74) is 2.20. The van der Waals surface area contributed by atoms with Crippen molar-refractivity contribution >= 4 is 34.3 Å². The van der Waals surface area contributed by atoms with Crippen molar-refractivity contribution in [3.05, 3.63) is 39.8 Å².